The second kappa shape index (κ2) is 7.41. The zero-order chi connectivity index (χ0) is 19.6. The van der Waals surface area contributed by atoms with Crippen LogP contribution in [0, 0.1) is 17.5 Å². The lowest BCUT2D eigenvalue weighted by atomic mass is 10.2. The highest BCUT2D eigenvalue weighted by Crippen LogP contribution is 2.28. The number of carbonyl (C=O) groups is 1. The van der Waals surface area contributed by atoms with E-state index < -0.39 is 39.1 Å². The number of anilines is 2. The van der Waals surface area contributed by atoms with E-state index in [2.05, 4.69) is 4.72 Å². The third-order valence-electron chi connectivity index (χ3n) is 3.41. The van der Waals surface area contributed by atoms with Gasteiger partial charge in [0.25, 0.3) is 15.9 Å². The van der Waals surface area contributed by atoms with Crippen molar-refractivity contribution in [2.75, 3.05) is 10.0 Å². The van der Waals surface area contributed by atoms with Crippen molar-refractivity contribution in [3.63, 3.8) is 0 Å². The third-order valence-corrected chi connectivity index (χ3v) is 5.71. The highest BCUT2D eigenvalue weighted by molar-refractivity contribution is 7.92. The molecule has 0 aliphatic carbocycles. The van der Waals surface area contributed by atoms with Crippen molar-refractivity contribution in [2.24, 2.45) is 0 Å². The number of benzene rings is 2. The van der Waals surface area contributed by atoms with E-state index in [-0.39, 0.29) is 15.5 Å². The molecule has 10 heteroatoms. The summed E-state index contributed by atoms with van der Waals surface area (Å²) in [5.74, 6) is -4.65. The minimum Gasteiger partial charge on any atom is -0.316 e. The SMILES string of the molecule is O=C(Nc1c(F)cc(F)cc1F)c1sccc1NS(=O)(=O)c1ccccc1. The van der Waals surface area contributed by atoms with Gasteiger partial charge in [0.15, 0.2) is 11.6 Å². The van der Waals surface area contributed by atoms with E-state index in [9.17, 15) is 26.4 Å². The van der Waals surface area contributed by atoms with Gasteiger partial charge >= 0.3 is 0 Å². The average molecular weight is 412 g/mol. The Hall–Kier alpha value is -2.85. The molecule has 1 aromatic heterocycles. The lowest BCUT2D eigenvalue weighted by molar-refractivity contribution is 0.103. The Balaban J connectivity index is 1.86. The van der Waals surface area contributed by atoms with Gasteiger partial charge in [-0.3, -0.25) is 9.52 Å². The molecule has 3 aromatic rings. The average Bonchev–Trinajstić information content (AvgIpc) is 3.06. The van der Waals surface area contributed by atoms with Crippen LogP contribution in [0.25, 0.3) is 0 Å². The normalized spacial score (nSPS) is 11.2. The summed E-state index contributed by atoms with van der Waals surface area (Å²) in [6.07, 6.45) is 0. The largest absolute Gasteiger partial charge is 0.316 e. The van der Waals surface area contributed by atoms with Crippen LogP contribution in [0.4, 0.5) is 24.5 Å². The molecule has 0 aliphatic rings. The van der Waals surface area contributed by atoms with Gasteiger partial charge in [-0.25, -0.2) is 21.6 Å². The first-order valence-corrected chi connectivity index (χ1v) is 9.75. The number of carbonyl (C=O) groups excluding carboxylic acids is 1. The molecule has 27 heavy (non-hydrogen) atoms. The zero-order valence-electron chi connectivity index (χ0n) is 13.4. The Bertz CT molecular complexity index is 1080. The van der Waals surface area contributed by atoms with Crippen LogP contribution in [0.2, 0.25) is 0 Å². The number of rotatable bonds is 5. The van der Waals surface area contributed by atoms with Crippen LogP contribution in [0.15, 0.2) is 58.8 Å². The molecule has 0 bridgehead atoms. The molecule has 0 radical (unpaired) electrons. The van der Waals surface area contributed by atoms with Crippen LogP contribution in [-0.4, -0.2) is 14.3 Å². The molecule has 0 aliphatic heterocycles. The lowest BCUT2D eigenvalue weighted by Crippen LogP contribution is -2.18. The number of amides is 1. The minimum absolute atomic E-state index is 0.0156. The van der Waals surface area contributed by atoms with Crippen LogP contribution in [-0.2, 0) is 10.0 Å². The summed E-state index contributed by atoms with van der Waals surface area (Å²) in [6.45, 7) is 0. The molecule has 1 amide bonds. The van der Waals surface area contributed by atoms with Crippen molar-refractivity contribution in [3.05, 3.63) is 76.2 Å². The van der Waals surface area contributed by atoms with E-state index >= 15 is 0 Å². The molecule has 0 spiro atoms. The van der Waals surface area contributed by atoms with E-state index in [1.165, 1.54) is 35.7 Å². The summed E-state index contributed by atoms with van der Waals surface area (Å²) in [6, 6.07) is 9.66. The number of hydrogen-bond donors (Lipinski definition) is 2. The molecule has 2 aromatic carbocycles. The lowest BCUT2D eigenvalue weighted by Gasteiger charge is -2.10. The van der Waals surface area contributed by atoms with Crippen LogP contribution >= 0.6 is 11.3 Å². The summed E-state index contributed by atoms with van der Waals surface area (Å²) >= 11 is 0.870. The Morgan fingerprint density at radius 1 is 0.963 bits per heavy atom. The van der Waals surface area contributed by atoms with Crippen molar-refractivity contribution in [2.45, 2.75) is 4.90 Å². The van der Waals surface area contributed by atoms with E-state index in [4.69, 9.17) is 0 Å². The molecule has 140 valence electrons. The van der Waals surface area contributed by atoms with Crippen molar-refractivity contribution >= 4 is 38.6 Å². The molecular formula is C17H11F3N2O3S2. The van der Waals surface area contributed by atoms with Gasteiger partial charge in [0, 0.05) is 12.1 Å². The molecule has 0 atom stereocenters. The standard InChI is InChI=1S/C17H11F3N2O3S2/c18-10-8-12(19)15(13(20)9-10)21-17(23)16-14(6-7-26-16)22-27(24,25)11-4-2-1-3-5-11/h1-9,22H,(H,21,23). The van der Waals surface area contributed by atoms with Gasteiger partial charge in [-0.05, 0) is 23.6 Å². The summed E-state index contributed by atoms with van der Waals surface area (Å²) < 4.78 is 67.4. The van der Waals surface area contributed by atoms with E-state index in [0.717, 1.165) is 11.3 Å². The van der Waals surface area contributed by atoms with Gasteiger partial charge in [-0.2, -0.15) is 0 Å². The molecule has 0 unspecified atom stereocenters. The first kappa shape index (κ1) is 18.9. The van der Waals surface area contributed by atoms with Crippen LogP contribution in [0.1, 0.15) is 9.67 Å². The second-order valence-electron chi connectivity index (χ2n) is 5.28. The molecular weight excluding hydrogens is 401 g/mol. The van der Waals surface area contributed by atoms with Gasteiger partial charge in [0.2, 0.25) is 0 Å². The van der Waals surface area contributed by atoms with Gasteiger partial charge in [0.05, 0.1) is 10.6 Å². The Morgan fingerprint density at radius 2 is 1.59 bits per heavy atom. The van der Waals surface area contributed by atoms with Crippen molar-refractivity contribution in [1.82, 2.24) is 0 Å². The fourth-order valence-electron chi connectivity index (χ4n) is 2.20. The molecule has 3 rings (SSSR count). The monoisotopic (exact) mass is 412 g/mol. The van der Waals surface area contributed by atoms with Crippen molar-refractivity contribution < 1.29 is 26.4 Å². The fraction of sp³-hybridized carbons (Fsp3) is 0. The predicted octanol–water partition coefficient (Wildman–Crippen LogP) is 4.22. The molecule has 1 heterocycles. The highest BCUT2D eigenvalue weighted by Gasteiger charge is 2.22. The number of hydrogen-bond acceptors (Lipinski definition) is 4. The number of thiophene rings is 1. The summed E-state index contributed by atoms with van der Waals surface area (Å²) in [7, 11) is -3.96. The number of halogens is 3. The maximum absolute atomic E-state index is 13.7. The number of nitrogens with one attached hydrogen (secondary N) is 2. The molecule has 5 nitrogen and oxygen atoms in total. The quantitative estimate of drug-likeness (QED) is 0.659. The smallest absolute Gasteiger partial charge is 0.268 e. The van der Waals surface area contributed by atoms with E-state index in [1.54, 1.807) is 6.07 Å². The third kappa shape index (κ3) is 4.12. The highest BCUT2D eigenvalue weighted by atomic mass is 32.2. The van der Waals surface area contributed by atoms with Crippen molar-refractivity contribution in [1.29, 1.82) is 0 Å². The molecule has 0 saturated carbocycles. The maximum atomic E-state index is 13.7. The molecule has 0 fully saturated rings. The molecule has 0 saturated heterocycles. The Kier molecular flexibility index (Phi) is 5.19. The maximum Gasteiger partial charge on any atom is 0.268 e. The molecule has 2 N–H and O–H groups in total. The second-order valence-corrected chi connectivity index (χ2v) is 7.88. The van der Waals surface area contributed by atoms with Crippen LogP contribution < -0.4 is 10.0 Å². The summed E-state index contributed by atoms with van der Waals surface area (Å²) in [5, 5.41) is 3.43. The number of sulfonamides is 1. The van der Waals surface area contributed by atoms with Gasteiger partial charge in [0.1, 0.15) is 16.4 Å². The van der Waals surface area contributed by atoms with E-state index in [0.29, 0.717) is 12.1 Å². The Labute approximate surface area is 156 Å². The van der Waals surface area contributed by atoms with E-state index in [1.807, 2.05) is 5.32 Å². The summed E-state index contributed by atoms with van der Waals surface area (Å²) in [4.78, 5) is 12.2. The van der Waals surface area contributed by atoms with Crippen molar-refractivity contribution in [3.8, 4) is 0 Å². The first-order valence-electron chi connectivity index (χ1n) is 7.39. The predicted molar refractivity (Wildman–Crippen MR) is 95.8 cm³/mol. The first-order chi connectivity index (χ1) is 12.8. The zero-order valence-corrected chi connectivity index (χ0v) is 15.0. The van der Waals surface area contributed by atoms with Gasteiger partial charge < -0.3 is 5.32 Å². The Morgan fingerprint density at radius 3 is 2.22 bits per heavy atom. The topological polar surface area (TPSA) is 75.3 Å². The van der Waals surface area contributed by atoms with Gasteiger partial charge in [-0.1, -0.05) is 18.2 Å². The fourth-order valence-corrected chi connectivity index (χ4v) is 4.10. The van der Waals surface area contributed by atoms with Gasteiger partial charge in [-0.15, -0.1) is 11.3 Å². The van der Waals surface area contributed by atoms with Crippen LogP contribution in [0.3, 0.4) is 0 Å². The minimum atomic E-state index is -3.96. The summed E-state index contributed by atoms with van der Waals surface area (Å²) in [5.41, 5.74) is -0.879. The van der Waals surface area contributed by atoms with Crippen LogP contribution in [0.5, 0.6) is 0 Å².